The molecule has 8 heteroatoms. The van der Waals surface area contributed by atoms with E-state index >= 15 is 0 Å². The molecular formula is C27H28N2O6. The van der Waals surface area contributed by atoms with Gasteiger partial charge >= 0.3 is 5.97 Å². The molecule has 182 valence electrons. The van der Waals surface area contributed by atoms with Crippen LogP contribution >= 0.6 is 0 Å². The Balaban J connectivity index is 1.64. The van der Waals surface area contributed by atoms with E-state index in [1.165, 1.54) is 6.21 Å². The molecule has 0 bridgehead atoms. The molecule has 35 heavy (non-hydrogen) atoms. The van der Waals surface area contributed by atoms with E-state index in [1.54, 1.807) is 72.8 Å². The Morgan fingerprint density at radius 1 is 0.971 bits per heavy atom. The summed E-state index contributed by atoms with van der Waals surface area (Å²) in [7, 11) is 0. The van der Waals surface area contributed by atoms with Crippen molar-refractivity contribution in [1.29, 1.82) is 0 Å². The van der Waals surface area contributed by atoms with Crippen molar-refractivity contribution in [2.24, 2.45) is 5.10 Å². The minimum absolute atomic E-state index is 0.254. The normalized spacial score (nSPS) is 11.6. The zero-order valence-electron chi connectivity index (χ0n) is 19.6. The van der Waals surface area contributed by atoms with Gasteiger partial charge in [-0.25, -0.2) is 10.2 Å². The first-order valence-electron chi connectivity index (χ1n) is 11.3. The largest absolute Gasteiger partial charge is 0.494 e. The third kappa shape index (κ3) is 7.41. The zero-order valence-corrected chi connectivity index (χ0v) is 19.6. The highest BCUT2D eigenvalue weighted by molar-refractivity contribution is 5.92. The summed E-state index contributed by atoms with van der Waals surface area (Å²) in [6, 6.07) is 20.2. The standard InChI is InChI=1S/C27H28N2O6/c1-3-16-34-22-13-11-21(12-14-22)27(32)35-23-15-10-19(17-24(23)33-4-2)18-28-29-26(31)25(30)20-8-6-5-7-9-20/h5-15,17-18,25,30H,3-4,16H2,1-2H3,(H,29,31)/b28-18-/t25-/m0/s1. The van der Waals surface area contributed by atoms with Crippen molar-refractivity contribution >= 4 is 18.1 Å². The first kappa shape index (κ1) is 25.5. The van der Waals surface area contributed by atoms with Gasteiger partial charge in [0.05, 0.1) is 25.0 Å². The molecule has 1 amide bonds. The van der Waals surface area contributed by atoms with Gasteiger partial charge in [0.1, 0.15) is 5.75 Å². The molecule has 2 N–H and O–H groups in total. The Hall–Kier alpha value is -4.17. The van der Waals surface area contributed by atoms with Crippen LogP contribution in [0.3, 0.4) is 0 Å². The lowest BCUT2D eigenvalue weighted by atomic mass is 10.1. The van der Waals surface area contributed by atoms with Gasteiger partial charge in [-0.1, -0.05) is 37.3 Å². The van der Waals surface area contributed by atoms with E-state index in [4.69, 9.17) is 14.2 Å². The predicted molar refractivity (Wildman–Crippen MR) is 132 cm³/mol. The molecule has 0 aromatic heterocycles. The van der Waals surface area contributed by atoms with Gasteiger partial charge in [-0.3, -0.25) is 4.79 Å². The topological polar surface area (TPSA) is 106 Å². The number of hydrazone groups is 1. The Morgan fingerprint density at radius 2 is 1.71 bits per heavy atom. The fourth-order valence-electron chi connectivity index (χ4n) is 3.04. The van der Waals surface area contributed by atoms with E-state index in [2.05, 4.69) is 10.5 Å². The molecule has 0 aliphatic carbocycles. The number of rotatable bonds is 11. The van der Waals surface area contributed by atoms with Crippen LogP contribution in [0.4, 0.5) is 0 Å². The molecule has 3 aromatic rings. The van der Waals surface area contributed by atoms with Crippen molar-refractivity contribution in [3.8, 4) is 17.2 Å². The van der Waals surface area contributed by atoms with Crippen LogP contribution in [-0.4, -0.2) is 36.4 Å². The fraction of sp³-hybridized carbons (Fsp3) is 0.222. The second-order valence-electron chi connectivity index (χ2n) is 7.45. The first-order valence-corrected chi connectivity index (χ1v) is 11.3. The molecule has 3 rings (SSSR count). The molecule has 0 aliphatic heterocycles. The molecule has 3 aromatic carbocycles. The molecule has 8 nitrogen and oxygen atoms in total. The average molecular weight is 477 g/mol. The SMILES string of the molecule is CCCOc1ccc(C(=O)Oc2ccc(/C=N\NC(=O)[C@@H](O)c3ccccc3)cc2OCC)cc1. The van der Waals surface area contributed by atoms with Crippen molar-refractivity contribution in [1.82, 2.24) is 5.43 Å². The summed E-state index contributed by atoms with van der Waals surface area (Å²) >= 11 is 0. The van der Waals surface area contributed by atoms with Crippen LogP contribution in [0.2, 0.25) is 0 Å². The number of carbonyl (C=O) groups excluding carboxylic acids is 2. The number of amides is 1. The molecule has 0 radical (unpaired) electrons. The number of benzene rings is 3. The smallest absolute Gasteiger partial charge is 0.343 e. The van der Waals surface area contributed by atoms with Gasteiger partial charge in [-0.15, -0.1) is 0 Å². The summed E-state index contributed by atoms with van der Waals surface area (Å²) in [6.45, 7) is 4.79. The molecule has 0 saturated carbocycles. The minimum atomic E-state index is -1.33. The summed E-state index contributed by atoms with van der Waals surface area (Å²) in [6.07, 6.45) is 0.965. The Bertz CT molecular complexity index is 1150. The first-order chi connectivity index (χ1) is 17.0. The predicted octanol–water partition coefficient (Wildman–Crippen LogP) is 4.28. The van der Waals surface area contributed by atoms with Crippen LogP contribution in [-0.2, 0) is 4.79 Å². The van der Waals surface area contributed by atoms with Crippen LogP contribution in [0.25, 0.3) is 0 Å². The van der Waals surface area contributed by atoms with Crippen LogP contribution < -0.4 is 19.6 Å². The van der Waals surface area contributed by atoms with Crippen LogP contribution in [0, 0.1) is 0 Å². The van der Waals surface area contributed by atoms with Gasteiger partial charge in [0, 0.05) is 0 Å². The Labute approximate surface area is 204 Å². The number of ether oxygens (including phenoxy) is 3. The van der Waals surface area contributed by atoms with Gasteiger partial charge in [0.15, 0.2) is 17.6 Å². The summed E-state index contributed by atoms with van der Waals surface area (Å²) in [4.78, 5) is 24.7. The monoisotopic (exact) mass is 476 g/mol. The van der Waals surface area contributed by atoms with Gasteiger partial charge < -0.3 is 19.3 Å². The quantitative estimate of drug-likeness (QED) is 0.185. The maximum atomic E-state index is 12.6. The lowest BCUT2D eigenvalue weighted by Crippen LogP contribution is -2.25. The molecule has 1 atom stereocenters. The number of esters is 1. The molecular weight excluding hydrogens is 448 g/mol. The van der Waals surface area contributed by atoms with Gasteiger partial charge in [-0.05, 0) is 66.9 Å². The Morgan fingerprint density at radius 3 is 2.40 bits per heavy atom. The molecule has 0 fully saturated rings. The number of nitrogens with one attached hydrogen (secondary N) is 1. The van der Waals surface area contributed by atoms with Crippen molar-refractivity contribution < 1.29 is 28.9 Å². The van der Waals surface area contributed by atoms with Gasteiger partial charge in [-0.2, -0.15) is 5.10 Å². The molecule has 0 saturated heterocycles. The van der Waals surface area contributed by atoms with E-state index in [0.717, 1.165) is 6.42 Å². The highest BCUT2D eigenvalue weighted by Gasteiger charge is 2.16. The van der Waals surface area contributed by atoms with Crippen LogP contribution in [0.1, 0.15) is 47.9 Å². The summed E-state index contributed by atoms with van der Waals surface area (Å²) in [5.41, 5.74) is 3.75. The zero-order chi connectivity index (χ0) is 25.0. The maximum absolute atomic E-state index is 12.6. The second kappa shape index (κ2) is 12.9. The number of carbonyl (C=O) groups is 2. The molecule has 0 spiro atoms. The molecule has 0 unspecified atom stereocenters. The number of hydrogen-bond acceptors (Lipinski definition) is 7. The minimum Gasteiger partial charge on any atom is -0.494 e. The fourth-order valence-corrected chi connectivity index (χ4v) is 3.04. The van der Waals surface area contributed by atoms with E-state index in [1.807, 2.05) is 13.8 Å². The average Bonchev–Trinajstić information content (AvgIpc) is 2.89. The second-order valence-corrected chi connectivity index (χ2v) is 7.45. The number of nitrogens with zero attached hydrogens (tertiary/aromatic N) is 1. The number of hydrogen-bond donors (Lipinski definition) is 2. The van der Waals surface area contributed by atoms with Crippen molar-refractivity contribution in [3.63, 3.8) is 0 Å². The third-order valence-corrected chi connectivity index (χ3v) is 4.79. The van der Waals surface area contributed by atoms with Gasteiger partial charge in [0.2, 0.25) is 0 Å². The summed E-state index contributed by atoms with van der Waals surface area (Å²) in [5.74, 6) is 0.100. The third-order valence-electron chi connectivity index (χ3n) is 4.79. The van der Waals surface area contributed by atoms with Crippen molar-refractivity contribution in [2.75, 3.05) is 13.2 Å². The van der Waals surface area contributed by atoms with Crippen LogP contribution in [0.15, 0.2) is 77.9 Å². The Kier molecular flexibility index (Phi) is 9.39. The van der Waals surface area contributed by atoms with E-state index < -0.39 is 18.0 Å². The lowest BCUT2D eigenvalue weighted by Gasteiger charge is -2.12. The highest BCUT2D eigenvalue weighted by atomic mass is 16.6. The van der Waals surface area contributed by atoms with Crippen molar-refractivity contribution in [3.05, 3.63) is 89.5 Å². The highest BCUT2D eigenvalue weighted by Crippen LogP contribution is 2.29. The maximum Gasteiger partial charge on any atom is 0.343 e. The molecule has 0 aliphatic rings. The van der Waals surface area contributed by atoms with Crippen LogP contribution in [0.5, 0.6) is 17.2 Å². The van der Waals surface area contributed by atoms with Crippen molar-refractivity contribution in [2.45, 2.75) is 26.4 Å². The molecule has 0 heterocycles. The van der Waals surface area contributed by atoms with Gasteiger partial charge in [0.25, 0.3) is 5.91 Å². The summed E-state index contributed by atoms with van der Waals surface area (Å²) in [5, 5.41) is 14.0. The number of aliphatic hydroxyl groups excluding tert-OH is 1. The number of aliphatic hydroxyl groups is 1. The van der Waals surface area contributed by atoms with E-state index in [-0.39, 0.29) is 5.75 Å². The lowest BCUT2D eigenvalue weighted by molar-refractivity contribution is -0.129. The summed E-state index contributed by atoms with van der Waals surface area (Å²) < 4.78 is 16.7. The van der Waals surface area contributed by atoms with E-state index in [9.17, 15) is 14.7 Å². The van der Waals surface area contributed by atoms with E-state index in [0.29, 0.717) is 41.4 Å².